The monoisotopic (exact) mass is 263 g/mol. The second-order valence-electron chi connectivity index (χ2n) is 5.09. The van der Waals surface area contributed by atoms with Gasteiger partial charge in [0.1, 0.15) is 5.60 Å². The molecule has 0 radical (unpaired) electrons. The lowest BCUT2D eigenvalue weighted by Crippen LogP contribution is -2.32. The molecule has 0 heterocycles. The fourth-order valence-corrected chi connectivity index (χ4v) is 1.32. The number of carbonyl (C=O) groups is 3. The van der Waals surface area contributed by atoms with Crippen LogP contribution in [0.5, 0.6) is 0 Å². The van der Waals surface area contributed by atoms with E-state index in [0.29, 0.717) is 11.3 Å². The fraction of sp³-hybridized carbons (Fsp3) is 0.357. The van der Waals surface area contributed by atoms with Crippen LogP contribution in [0.15, 0.2) is 24.3 Å². The molecule has 5 nitrogen and oxygen atoms in total. The summed E-state index contributed by atoms with van der Waals surface area (Å²) in [5.74, 6) is -1.94. The molecule has 0 saturated heterocycles. The molecule has 19 heavy (non-hydrogen) atoms. The van der Waals surface area contributed by atoms with Crippen molar-refractivity contribution >= 4 is 23.3 Å². The van der Waals surface area contributed by atoms with Crippen LogP contribution in [0.25, 0.3) is 0 Å². The molecule has 0 aliphatic carbocycles. The first-order valence-corrected chi connectivity index (χ1v) is 5.84. The summed E-state index contributed by atoms with van der Waals surface area (Å²) in [6, 6.07) is 6.35. The van der Waals surface area contributed by atoms with Crippen LogP contribution in [-0.2, 0) is 14.3 Å². The first-order valence-electron chi connectivity index (χ1n) is 5.84. The first kappa shape index (κ1) is 14.9. The number of ketones is 1. The van der Waals surface area contributed by atoms with Crippen molar-refractivity contribution in [2.24, 2.45) is 0 Å². The zero-order chi connectivity index (χ0) is 14.6. The van der Waals surface area contributed by atoms with E-state index in [1.807, 2.05) is 0 Å². The number of ether oxygens (including phenoxy) is 1. The number of anilines is 1. The summed E-state index contributed by atoms with van der Waals surface area (Å²) in [7, 11) is 0. The third-order valence-corrected chi connectivity index (χ3v) is 2.11. The summed E-state index contributed by atoms with van der Waals surface area (Å²) in [4.78, 5) is 34.3. The van der Waals surface area contributed by atoms with Crippen LogP contribution in [0.2, 0.25) is 0 Å². The Morgan fingerprint density at radius 3 is 2.32 bits per heavy atom. The predicted molar refractivity (Wildman–Crippen MR) is 70.9 cm³/mol. The minimum Gasteiger partial charge on any atom is -0.453 e. The van der Waals surface area contributed by atoms with Gasteiger partial charge in [-0.1, -0.05) is 12.1 Å². The Bertz CT molecular complexity index is 514. The molecule has 0 aromatic heterocycles. The smallest absolute Gasteiger partial charge is 0.397 e. The molecule has 1 amide bonds. The van der Waals surface area contributed by atoms with Crippen LogP contribution >= 0.6 is 0 Å². The number of carbonyl (C=O) groups excluding carboxylic acids is 3. The number of hydrogen-bond donors (Lipinski definition) is 1. The van der Waals surface area contributed by atoms with E-state index in [-0.39, 0.29) is 5.78 Å². The zero-order valence-corrected chi connectivity index (χ0v) is 11.4. The topological polar surface area (TPSA) is 72.5 Å². The maximum absolute atomic E-state index is 11.6. The van der Waals surface area contributed by atoms with Gasteiger partial charge in [-0.05, 0) is 39.8 Å². The molecule has 0 aliphatic rings. The zero-order valence-electron chi connectivity index (χ0n) is 11.4. The van der Waals surface area contributed by atoms with E-state index in [2.05, 4.69) is 5.32 Å². The second-order valence-corrected chi connectivity index (χ2v) is 5.09. The van der Waals surface area contributed by atoms with Crippen molar-refractivity contribution in [3.05, 3.63) is 29.8 Å². The fourth-order valence-electron chi connectivity index (χ4n) is 1.32. The summed E-state index contributed by atoms with van der Waals surface area (Å²) >= 11 is 0. The number of nitrogens with one attached hydrogen (secondary N) is 1. The van der Waals surface area contributed by atoms with Gasteiger partial charge in [-0.3, -0.25) is 9.59 Å². The van der Waals surface area contributed by atoms with Crippen LogP contribution < -0.4 is 5.32 Å². The Balaban J connectivity index is 2.74. The lowest BCUT2D eigenvalue weighted by molar-refractivity contribution is -0.161. The molecule has 0 bridgehead atoms. The Kier molecular flexibility index (Phi) is 4.43. The minimum atomic E-state index is -0.958. The number of rotatable bonds is 2. The average Bonchev–Trinajstić information content (AvgIpc) is 2.27. The van der Waals surface area contributed by atoms with E-state index in [1.165, 1.54) is 13.0 Å². The van der Waals surface area contributed by atoms with Gasteiger partial charge in [0.15, 0.2) is 5.78 Å². The lowest BCUT2D eigenvalue weighted by atomic mass is 10.1. The highest BCUT2D eigenvalue weighted by molar-refractivity contribution is 6.37. The molecule has 1 N–H and O–H groups in total. The van der Waals surface area contributed by atoms with Crippen LogP contribution in [0.3, 0.4) is 0 Å². The Labute approximate surface area is 111 Å². The molecule has 1 aromatic rings. The molecule has 1 aromatic carbocycles. The predicted octanol–water partition coefficient (Wildman–Crippen LogP) is 2.17. The van der Waals surface area contributed by atoms with E-state index in [4.69, 9.17) is 4.74 Å². The largest absolute Gasteiger partial charge is 0.453 e. The van der Waals surface area contributed by atoms with E-state index in [0.717, 1.165) is 0 Å². The summed E-state index contributed by atoms with van der Waals surface area (Å²) in [6.07, 6.45) is 0. The number of Topliss-reactive ketones (excluding diaryl/α,β-unsaturated/α-hetero) is 1. The third kappa shape index (κ3) is 4.91. The summed E-state index contributed by atoms with van der Waals surface area (Å²) < 4.78 is 4.93. The number of hydrogen-bond acceptors (Lipinski definition) is 4. The summed E-state index contributed by atoms with van der Waals surface area (Å²) in [5, 5.41) is 2.39. The van der Waals surface area contributed by atoms with Crippen molar-refractivity contribution < 1.29 is 19.1 Å². The van der Waals surface area contributed by atoms with Crippen molar-refractivity contribution in [2.45, 2.75) is 33.3 Å². The van der Waals surface area contributed by atoms with Gasteiger partial charge in [-0.15, -0.1) is 0 Å². The van der Waals surface area contributed by atoms with Crippen molar-refractivity contribution in [3.63, 3.8) is 0 Å². The molecule has 0 aliphatic heterocycles. The van der Waals surface area contributed by atoms with Crippen molar-refractivity contribution in [3.8, 4) is 0 Å². The maximum Gasteiger partial charge on any atom is 0.397 e. The van der Waals surface area contributed by atoms with Gasteiger partial charge >= 0.3 is 11.9 Å². The minimum absolute atomic E-state index is 0.117. The normalized spacial score (nSPS) is 10.7. The van der Waals surface area contributed by atoms with Crippen LogP contribution in [-0.4, -0.2) is 23.3 Å². The van der Waals surface area contributed by atoms with Gasteiger partial charge < -0.3 is 10.1 Å². The quantitative estimate of drug-likeness (QED) is 0.504. The van der Waals surface area contributed by atoms with E-state index in [9.17, 15) is 14.4 Å². The van der Waals surface area contributed by atoms with Crippen LogP contribution in [0.1, 0.15) is 38.1 Å². The number of amides is 1. The van der Waals surface area contributed by atoms with Gasteiger partial charge in [0.2, 0.25) is 0 Å². The van der Waals surface area contributed by atoms with E-state index in [1.54, 1.807) is 39.0 Å². The van der Waals surface area contributed by atoms with Gasteiger partial charge in [0.05, 0.1) is 0 Å². The molecular weight excluding hydrogens is 246 g/mol. The lowest BCUT2D eigenvalue weighted by Gasteiger charge is -2.18. The van der Waals surface area contributed by atoms with Gasteiger partial charge in [0, 0.05) is 11.3 Å². The van der Waals surface area contributed by atoms with Crippen LogP contribution in [0.4, 0.5) is 5.69 Å². The molecule has 0 fully saturated rings. The van der Waals surface area contributed by atoms with E-state index >= 15 is 0 Å². The Morgan fingerprint density at radius 1 is 1.16 bits per heavy atom. The van der Waals surface area contributed by atoms with Gasteiger partial charge in [-0.2, -0.15) is 0 Å². The summed E-state index contributed by atoms with van der Waals surface area (Å²) in [6.45, 7) is 6.45. The van der Waals surface area contributed by atoms with Crippen molar-refractivity contribution in [1.82, 2.24) is 0 Å². The SMILES string of the molecule is CC(=O)c1cccc(NC(=O)C(=O)OC(C)(C)C)c1. The highest BCUT2D eigenvalue weighted by atomic mass is 16.6. The maximum atomic E-state index is 11.6. The van der Waals surface area contributed by atoms with Crippen LogP contribution in [0, 0.1) is 0 Å². The third-order valence-electron chi connectivity index (χ3n) is 2.11. The van der Waals surface area contributed by atoms with E-state index < -0.39 is 17.5 Å². The summed E-state index contributed by atoms with van der Waals surface area (Å²) in [5.41, 5.74) is 0.112. The van der Waals surface area contributed by atoms with Crippen molar-refractivity contribution in [2.75, 3.05) is 5.32 Å². The molecule has 5 heteroatoms. The first-order chi connectivity index (χ1) is 8.69. The van der Waals surface area contributed by atoms with Crippen molar-refractivity contribution in [1.29, 1.82) is 0 Å². The second kappa shape index (κ2) is 5.65. The molecule has 102 valence electrons. The van der Waals surface area contributed by atoms with Gasteiger partial charge in [-0.25, -0.2) is 4.79 Å². The molecule has 0 unspecified atom stereocenters. The molecule has 0 saturated carbocycles. The molecular formula is C14H17NO4. The standard InChI is InChI=1S/C14H17NO4/c1-9(16)10-6-5-7-11(8-10)15-12(17)13(18)19-14(2,3)4/h5-8H,1-4H3,(H,15,17). The highest BCUT2D eigenvalue weighted by Crippen LogP contribution is 2.12. The molecule has 1 rings (SSSR count). The number of benzene rings is 1. The van der Waals surface area contributed by atoms with Gasteiger partial charge in [0.25, 0.3) is 0 Å². The molecule has 0 spiro atoms. The Morgan fingerprint density at radius 2 is 1.79 bits per heavy atom. The Hall–Kier alpha value is -2.17. The molecule has 0 atom stereocenters. The number of esters is 1. The average molecular weight is 263 g/mol. The highest BCUT2D eigenvalue weighted by Gasteiger charge is 2.22.